The van der Waals surface area contributed by atoms with Crippen molar-refractivity contribution in [1.82, 2.24) is 15.0 Å². The van der Waals surface area contributed by atoms with Gasteiger partial charge in [0.15, 0.2) is 0 Å². The molecule has 0 saturated heterocycles. The van der Waals surface area contributed by atoms with Crippen LogP contribution in [0.2, 0.25) is 0 Å². The first-order valence-electron chi connectivity index (χ1n) is 7.55. The number of rotatable bonds is 4. The summed E-state index contributed by atoms with van der Waals surface area (Å²) in [6.45, 7) is 7.05. The monoisotopic (exact) mass is 292 g/mol. The Kier molecular flexibility index (Phi) is 4.00. The molecule has 3 rings (SSSR count). The van der Waals surface area contributed by atoms with Crippen LogP contribution in [0, 0.1) is 6.92 Å². The normalized spacial score (nSPS) is 11.1. The van der Waals surface area contributed by atoms with Crippen LogP contribution in [-0.2, 0) is 6.54 Å². The van der Waals surface area contributed by atoms with E-state index in [1.54, 1.807) is 6.20 Å². The first-order valence-corrected chi connectivity index (χ1v) is 7.55. The van der Waals surface area contributed by atoms with Crippen LogP contribution < -0.4 is 5.32 Å². The highest BCUT2D eigenvalue weighted by molar-refractivity contribution is 5.77. The summed E-state index contributed by atoms with van der Waals surface area (Å²) in [6, 6.07) is 12.3. The van der Waals surface area contributed by atoms with E-state index in [1.165, 1.54) is 11.1 Å². The molecular weight excluding hydrogens is 272 g/mol. The lowest BCUT2D eigenvalue weighted by atomic mass is 10.1. The largest absolute Gasteiger partial charge is 0.350 e. The van der Waals surface area contributed by atoms with Crippen molar-refractivity contribution >= 4 is 17.0 Å². The van der Waals surface area contributed by atoms with Crippen LogP contribution in [0.25, 0.3) is 11.0 Å². The van der Waals surface area contributed by atoms with Crippen molar-refractivity contribution in [3.63, 3.8) is 0 Å². The second-order valence-corrected chi connectivity index (χ2v) is 5.80. The molecule has 112 valence electrons. The summed E-state index contributed by atoms with van der Waals surface area (Å²) in [5.41, 5.74) is 5.23. The molecule has 0 fully saturated rings. The molecule has 0 aliphatic heterocycles. The summed E-state index contributed by atoms with van der Waals surface area (Å²) in [6.07, 6.45) is 1.79. The minimum Gasteiger partial charge on any atom is -0.350 e. The van der Waals surface area contributed by atoms with Gasteiger partial charge >= 0.3 is 0 Å². The predicted molar refractivity (Wildman–Crippen MR) is 89.9 cm³/mol. The highest BCUT2D eigenvalue weighted by Crippen LogP contribution is 2.22. The number of hydrogen-bond donors (Lipinski definition) is 1. The van der Waals surface area contributed by atoms with Gasteiger partial charge in [0.25, 0.3) is 0 Å². The molecule has 3 aromatic rings. The zero-order valence-electron chi connectivity index (χ0n) is 13.2. The van der Waals surface area contributed by atoms with Gasteiger partial charge in [-0.1, -0.05) is 43.7 Å². The molecule has 0 aliphatic carbocycles. The van der Waals surface area contributed by atoms with E-state index in [-0.39, 0.29) is 0 Å². The Labute approximate surface area is 130 Å². The maximum Gasteiger partial charge on any atom is 0.223 e. The van der Waals surface area contributed by atoms with Crippen LogP contribution in [0.1, 0.15) is 36.6 Å². The number of benzene rings is 1. The molecule has 0 unspecified atom stereocenters. The molecule has 0 aliphatic rings. The maximum absolute atomic E-state index is 4.65. The lowest BCUT2D eigenvalue weighted by Gasteiger charge is -2.11. The first kappa shape index (κ1) is 14.4. The highest BCUT2D eigenvalue weighted by Gasteiger charge is 2.11. The molecule has 4 heteroatoms. The topological polar surface area (TPSA) is 50.7 Å². The predicted octanol–water partition coefficient (Wildman–Crippen LogP) is 4.07. The summed E-state index contributed by atoms with van der Waals surface area (Å²) in [5, 5.41) is 3.32. The van der Waals surface area contributed by atoms with E-state index in [0.717, 1.165) is 16.7 Å². The number of nitrogens with zero attached hydrogens (tertiary/aromatic N) is 3. The minimum absolute atomic E-state index is 0.306. The van der Waals surface area contributed by atoms with E-state index < -0.39 is 0 Å². The third-order valence-electron chi connectivity index (χ3n) is 3.60. The Bertz CT molecular complexity index is 779. The van der Waals surface area contributed by atoms with Gasteiger partial charge in [-0.05, 0) is 30.5 Å². The van der Waals surface area contributed by atoms with Crippen LogP contribution >= 0.6 is 0 Å². The fourth-order valence-corrected chi connectivity index (χ4v) is 2.36. The van der Waals surface area contributed by atoms with Gasteiger partial charge in [0.05, 0.1) is 11.2 Å². The van der Waals surface area contributed by atoms with E-state index in [2.05, 4.69) is 65.3 Å². The van der Waals surface area contributed by atoms with Crippen LogP contribution in [0.4, 0.5) is 5.95 Å². The summed E-state index contributed by atoms with van der Waals surface area (Å²) in [4.78, 5) is 13.6. The van der Waals surface area contributed by atoms with E-state index >= 15 is 0 Å². The van der Waals surface area contributed by atoms with Gasteiger partial charge in [-0.15, -0.1) is 0 Å². The molecule has 0 radical (unpaired) electrons. The molecule has 1 N–H and O–H groups in total. The molecule has 4 nitrogen and oxygen atoms in total. The van der Waals surface area contributed by atoms with Crippen LogP contribution in [-0.4, -0.2) is 15.0 Å². The average Bonchev–Trinajstić information content (AvgIpc) is 2.53. The third-order valence-corrected chi connectivity index (χ3v) is 3.60. The molecule has 2 heterocycles. The maximum atomic E-state index is 4.65. The van der Waals surface area contributed by atoms with Gasteiger partial charge in [0, 0.05) is 12.7 Å². The van der Waals surface area contributed by atoms with Crippen molar-refractivity contribution in [2.24, 2.45) is 0 Å². The van der Waals surface area contributed by atoms with E-state index in [1.807, 2.05) is 12.1 Å². The molecular formula is C18H20N4. The number of pyridine rings is 1. The lowest BCUT2D eigenvalue weighted by molar-refractivity contribution is 0.823. The number of nitrogens with one attached hydrogen (secondary N) is 1. The molecule has 0 spiro atoms. The number of fused-ring (bicyclic) bond motifs is 1. The van der Waals surface area contributed by atoms with E-state index in [4.69, 9.17) is 0 Å². The van der Waals surface area contributed by atoms with Gasteiger partial charge in [-0.2, -0.15) is 0 Å². The standard InChI is InChI=1S/C18H20N4/c1-12(2)16-17-15(5-4-10-19-17)21-18(22-16)20-11-14-8-6-13(3)7-9-14/h4-10,12H,11H2,1-3H3,(H,20,21,22). The SMILES string of the molecule is Cc1ccc(CNc2nc(C(C)C)c3ncccc3n2)cc1. The van der Waals surface area contributed by atoms with Crippen molar-refractivity contribution in [1.29, 1.82) is 0 Å². The Morgan fingerprint density at radius 1 is 1.05 bits per heavy atom. The molecule has 0 atom stereocenters. The molecule has 2 aromatic heterocycles. The van der Waals surface area contributed by atoms with Crippen LogP contribution in [0.15, 0.2) is 42.6 Å². The zero-order chi connectivity index (χ0) is 15.5. The van der Waals surface area contributed by atoms with Gasteiger partial charge in [0.1, 0.15) is 5.52 Å². The molecule has 0 saturated carbocycles. The minimum atomic E-state index is 0.306. The molecule has 0 amide bonds. The fraction of sp³-hybridized carbons (Fsp3) is 0.278. The quantitative estimate of drug-likeness (QED) is 0.787. The van der Waals surface area contributed by atoms with Crippen molar-refractivity contribution in [3.05, 3.63) is 59.4 Å². The second kappa shape index (κ2) is 6.10. The van der Waals surface area contributed by atoms with E-state index in [0.29, 0.717) is 18.4 Å². The van der Waals surface area contributed by atoms with Gasteiger partial charge in [0.2, 0.25) is 5.95 Å². The van der Waals surface area contributed by atoms with Crippen molar-refractivity contribution < 1.29 is 0 Å². The van der Waals surface area contributed by atoms with Crippen LogP contribution in [0.5, 0.6) is 0 Å². The highest BCUT2D eigenvalue weighted by atomic mass is 15.1. The molecule has 0 bridgehead atoms. The number of aromatic nitrogens is 3. The molecule has 1 aromatic carbocycles. The number of aryl methyl sites for hydroxylation is 1. The van der Waals surface area contributed by atoms with Crippen molar-refractivity contribution in [2.45, 2.75) is 33.2 Å². The molecule has 22 heavy (non-hydrogen) atoms. The van der Waals surface area contributed by atoms with Gasteiger partial charge < -0.3 is 5.32 Å². The first-order chi connectivity index (χ1) is 10.6. The Hall–Kier alpha value is -2.49. The summed E-state index contributed by atoms with van der Waals surface area (Å²) in [7, 11) is 0. The van der Waals surface area contributed by atoms with E-state index in [9.17, 15) is 0 Å². The van der Waals surface area contributed by atoms with Crippen molar-refractivity contribution in [3.8, 4) is 0 Å². The summed E-state index contributed by atoms with van der Waals surface area (Å²) < 4.78 is 0. The third kappa shape index (κ3) is 3.06. The van der Waals surface area contributed by atoms with Gasteiger partial charge in [-0.3, -0.25) is 4.98 Å². The summed E-state index contributed by atoms with van der Waals surface area (Å²) in [5.74, 6) is 0.963. The smallest absolute Gasteiger partial charge is 0.223 e. The second-order valence-electron chi connectivity index (χ2n) is 5.80. The lowest BCUT2D eigenvalue weighted by Crippen LogP contribution is -2.07. The average molecular weight is 292 g/mol. The Morgan fingerprint density at radius 2 is 1.82 bits per heavy atom. The van der Waals surface area contributed by atoms with Crippen LogP contribution in [0.3, 0.4) is 0 Å². The number of anilines is 1. The Balaban J connectivity index is 1.89. The van der Waals surface area contributed by atoms with Crippen molar-refractivity contribution in [2.75, 3.05) is 5.32 Å². The fourth-order valence-electron chi connectivity index (χ4n) is 2.36. The zero-order valence-corrected chi connectivity index (χ0v) is 13.2. The Morgan fingerprint density at radius 3 is 2.55 bits per heavy atom. The number of hydrogen-bond acceptors (Lipinski definition) is 4. The van der Waals surface area contributed by atoms with Gasteiger partial charge in [-0.25, -0.2) is 9.97 Å². The summed E-state index contributed by atoms with van der Waals surface area (Å²) >= 11 is 0.